The summed E-state index contributed by atoms with van der Waals surface area (Å²) >= 11 is 0. The first-order valence-corrected chi connectivity index (χ1v) is 7.21. The summed E-state index contributed by atoms with van der Waals surface area (Å²) in [5.74, 6) is 0. The molecule has 0 aliphatic carbocycles. The summed E-state index contributed by atoms with van der Waals surface area (Å²) in [7, 11) is 0. The maximum absolute atomic E-state index is 11.4. The lowest BCUT2D eigenvalue weighted by Gasteiger charge is -2.17. The fourth-order valence-corrected chi connectivity index (χ4v) is 2.67. The SMILES string of the molecule is O=CN(CCc1c[nH]c2ccccc12)c1ccccc1[N+](=O)[O-]. The molecule has 1 heterocycles. The van der Waals surface area contributed by atoms with E-state index in [9.17, 15) is 14.9 Å². The number of amides is 1. The van der Waals surface area contributed by atoms with Crippen molar-refractivity contribution in [3.05, 3.63) is 70.4 Å². The molecule has 2 aromatic carbocycles. The van der Waals surface area contributed by atoms with Crippen LogP contribution in [0.3, 0.4) is 0 Å². The van der Waals surface area contributed by atoms with Gasteiger partial charge in [-0.1, -0.05) is 30.3 Å². The highest BCUT2D eigenvalue weighted by molar-refractivity contribution is 5.84. The topological polar surface area (TPSA) is 79.2 Å². The Bertz CT molecular complexity index is 857. The minimum atomic E-state index is -0.475. The van der Waals surface area contributed by atoms with E-state index < -0.39 is 4.92 Å². The Balaban J connectivity index is 1.83. The number of anilines is 1. The quantitative estimate of drug-likeness (QED) is 0.431. The number of benzene rings is 2. The van der Waals surface area contributed by atoms with E-state index in [2.05, 4.69) is 4.98 Å². The van der Waals surface area contributed by atoms with Gasteiger partial charge in [-0.05, 0) is 24.1 Å². The van der Waals surface area contributed by atoms with Crippen LogP contribution in [0.2, 0.25) is 0 Å². The molecule has 0 fully saturated rings. The van der Waals surface area contributed by atoms with Crippen molar-refractivity contribution in [2.45, 2.75) is 6.42 Å². The zero-order valence-electron chi connectivity index (χ0n) is 12.3. The molecule has 1 N–H and O–H groups in total. The van der Waals surface area contributed by atoms with Gasteiger partial charge < -0.3 is 9.88 Å². The lowest BCUT2D eigenvalue weighted by atomic mass is 10.1. The lowest BCUT2D eigenvalue weighted by Crippen LogP contribution is -2.24. The Morgan fingerprint density at radius 3 is 2.65 bits per heavy atom. The maximum Gasteiger partial charge on any atom is 0.292 e. The molecule has 6 heteroatoms. The van der Waals surface area contributed by atoms with Gasteiger partial charge in [-0.3, -0.25) is 14.9 Å². The van der Waals surface area contributed by atoms with Crippen molar-refractivity contribution in [2.24, 2.45) is 0 Å². The van der Waals surface area contributed by atoms with Crippen molar-refractivity contribution < 1.29 is 9.72 Å². The summed E-state index contributed by atoms with van der Waals surface area (Å²) in [6.45, 7) is 0.371. The Labute approximate surface area is 132 Å². The summed E-state index contributed by atoms with van der Waals surface area (Å²) in [5, 5.41) is 12.2. The number of nitrogens with zero attached hydrogens (tertiary/aromatic N) is 2. The van der Waals surface area contributed by atoms with Gasteiger partial charge in [0.25, 0.3) is 5.69 Å². The van der Waals surface area contributed by atoms with Gasteiger partial charge in [0, 0.05) is 29.7 Å². The van der Waals surface area contributed by atoms with Crippen LogP contribution in [0.5, 0.6) is 0 Å². The highest BCUT2D eigenvalue weighted by Gasteiger charge is 2.18. The number of hydrogen-bond acceptors (Lipinski definition) is 3. The van der Waals surface area contributed by atoms with E-state index in [-0.39, 0.29) is 5.69 Å². The van der Waals surface area contributed by atoms with Crippen molar-refractivity contribution in [3.63, 3.8) is 0 Å². The van der Waals surface area contributed by atoms with E-state index in [1.165, 1.54) is 11.0 Å². The third-order valence-corrected chi connectivity index (χ3v) is 3.81. The number of H-pyrrole nitrogens is 1. The second-order valence-corrected chi connectivity index (χ2v) is 5.15. The zero-order valence-corrected chi connectivity index (χ0v) is 12.3. The Morgan fingerprint density at radius 1 is 1.13 bits per heavy atom. The number of nitro groups is 1. The number of carbonyl (C=O) groups excluding carboxylic acids is 1. The average molecular weight is 309 g/mol. The molecule has 1 amide bonds. The standard InChI is InChI=1S/C17H15N3O3/c21-12-19(16-7-3-4-8-17(16)20(22)23)10-9-13-11-18-15-6-2-1-5-14(13)15/h1-8,11-12,18H,9-10H2. The smallest absolute Gasteiger partial charge is 0.292 e. The molecule has 0 bridgehead atoms. The molecule has 116 valence electrons. The van der Waals surface area contributed by atoms with Gasteiger partial charge in [0.15, 0.2) is 0 Å². The normalized spacial score (nSPS) is 10.6. The van der Waals surface area contributed by atoms with E-state index in [1.54, 1.807) is 18.2 Å². The molecule has 6 nitrogen and oxygen atoms in total. The summed E-state index contributed by atoms with van der Waals surface area (Å²) in [6, 6.07) is 14.2. The number of rotatable bonds is 6. The number of nitrogens with one attached hydrogen (secondary N) is 1. The Kier molecular flexibility index (Phi) is 4.05. The first kappa shape index (κ1) is 14.8. The van der Waals surface area contributed by atoms with Gasteiger partial charge in [-0.25, -0.2) is 0 Å². The Hall–Kier alpha value is -3.15. The molecule has 0 saturated heterocycles. The summed E-state index contributed by atoms with van der Waals surface area (Å²) < 4.78 is 0. The molecule has 3 aromatic rings. The van der Waals surface area contributed by atoms with Gasteiger partial charge in [0.05, 0.1) is 4.92 Å². The van der Waals surface area contributed by atoms with Crippen molar-refractivity contribution >= 4 is 28.7 Å². The van der Waals surface area contributed by atoms with Crippen LogP contribution >= 0.6 is 0 Å². The molecule has 0 saturated carbocycles. The van der Waals surface area contributed by atoms with Crippen LogP contribution in [-0.2, 0) is 11.2 Å². The predicted octanol–water partition coefficient (Wildman–Crippen LogP) is 3.28. The van der Waals surface area contributed by atoms with Crippen molar-refractivity contribution in [1.82, 2.24) is 4.98 Å². The molecule has 0 aliphatic rings. The van der Waals surface area contributed by atoms with Crippen LogP contribution in [0, 0.1) is 10.1 Å². The molecule has 0 radical (unpaired) electrons. The molecule has 1 aromatic heterocycles. The summed E-state index contributed by atoms with van der Waals surface area (Å²) in [6.07, 6.45) is 3.15. The second-order valence-electron chi connectivity index (χ2n) is 5.15. The third kappa shape index (κ3) is 2.91. The molecule has 0 atom stereocenters. The highest BCUT2D eigenvalue weighted by Crippen LogP contribution is 2.27. The van der Waals surface area contributed by atoms with Crippen LogP contribution in [0.4, 0.5) is 11.4 Å². The summed E-state index contributed by atoms with van der Waals surface area (Å²) in [5.41, 5.74) is 2.35. The molecule has 0 unspecified atom stereocenters. The van der Waals surface area contributed by atoms with E-state index in [4.69, 9.17) is 0 Å². The second kappa shape index (κ2) is 6.31. The van der Waals surface area contributed by atoms with Crippen LogP contribution < -0.4 is 4.90 Å². The number of para-hydroxylation sites is 3. The van der Waals surface area contributed by atoms with Crippen molar-refractivity contribution in [3.8, 4) is 0 Å². The van der Waals surface area contributed by atoms with Gasteiger partial charge >= 0.3 is 0 Å². The Morgan fingerprint density at radius 2 is 1.87 bits per heavy atom. The predicted molar refractivity (Wildman–Crippen MR) is 88.5 cm³/mol. The van der Waals surface area contributed by atoms with Crippen molar-refractivity contribution in [1.29, 1.82) is 0 Å². The number of nitro benzene ring substituents is 1. The van der Waals surface area contributed by atoms with Crippen LogP contribution in [0.25, 0.3) is 10.9 Å². The molecule has 23 heavy (non-hydrogen) atoms. The van der Waals surface area contributed by atoms with Gasteiger partial charge in [0.1, 0.15) is 5.69 Å². The van der Waals surface area contributed by atoms with E-state index >= 15 is 0 Å². The average Bonchev–Trinajstić information content (AvgIpc) is 2.99. The van der Waals surface area contributed by atoms with Crippen LogP contribution in [0.1, 0.15) is 5.56 Å². The van der Waals surface area contributed by atoms with E-state index in [1.807, 2.05) is 30.5 Å². The van der Waals surface area contributed by atoms with Gasteiger partial charge in [-0.15, -0.1) is 0 Å². The van der Waals surface area contributed by atoms with Gasteiger partial charge in [0.2, 0.25) is 6.41 Å². The minimum absolute atomic E-state index is 0.0708. The van der Waals surface area contributed by atoms with Crippen LogP contribution in [0.15, 0.2) is 54.7 Å². The fourth-order valence-electron chi connectivity index (χ4n) is 2.67. The van der Waals surface area contributed by atoms with E-state index in [0.717, 1.165) is 16.5 Å². The third-order valence-electron chi connectivity index (χ3n) is 3.81. The monoisotopic (exact) mass is 309 g/mol. The van der Waals surface area contributed by atoms with E-state index in [0.29, 0.717) is 25.1 Å². The molecular weight excluding hydrogens is 294 g/mol. The molecule has 0 aliphatic heterocycles. The van der Waals surface area contributed by atoms with Crippen LogP contribution in [-0.4, -0.2) is 22.9 Å². The first-order valence-electron chi connectivity index (χ1n) is 7.21. The summed E-state index contributed by atoms with van der Waals surface area (Å²) in [4.78, 5) is 26.6. The molecular formula is C17H15N3O3. The largest absolute Gasteiger partial charge is 0.361 e. The molecule has 3 rings (SSSR count). The van der Waals surface area contributed by atoms with Gasteiger partial charge in [-0.2, -0.15) is 0 Å². The van der Waals surface area contributed by atoms with Crippen molar-refractivity contribution in [2.75, 3.05) is 11.4 Å². The molecule has 0 spiro atoms. The number of fused-ring (bicyclic) bond motifs is 1. The number of aromatic nitrogens is 1. The first-order chi connectivity index (χ1) is 11.2. The number of carbonyl (C=O) groups is 1. The number of aromatic amines is 1. The zero-order chi connectivity index (χ0) is 16.2. The minimum Gasteiger partial charge on any atom is -0.361 e. The maximum atomic E-state index is 11.4. The highest BCUT2D eigenvalue weighted by atomic mass is 16.6. The fraction of sp³-hybridized carbons (Fsp3) is 0.118. The lowest BCUT2D eigenvalue weighted by molar-refractivity contribution is -0.384. The number of hydrogen-bond donors (Lipinski definition) is 1.